The number of hydrogen-bond donors (Lipinski definition) is 0. The van der Waals surface area contributed by atoms with E-state index < -0.39 is 0 Å². The molecule has 1 aliphatic carbocycles. The van der Waals surface area contributed by atoms with Crippen LogP contribution in [0.4, 0.5) is 0 Å². The summed E-state index contributed by atoms with van der Waals surface area (Å²) < 4.78 is 3.88. The molecule has 4 rings (SSSR count). The van der Waals surface area contributed by atoms with E-state index >= 15 is 0 Å². The predicted octanol–water partition coefficient (Wildman–Crippen LogP) is 4.02. The molecule has 144 valence electrons. The normalized spacial score (nSPS) is 15.0. The van der Waals surface area contributed by atoms with Crippen molar-refractivity contribution < 1.29 is 4.79 Å². The van der Waals surface area contributed by atoms with Crippen LogP contribution in [-0.4, -0.2) is 36.3 Å². The van der Waals surface area contributed by atoms with Gasteiger partial charge in [0.2, 0.25) is 5.16 Å². The van der Waals surface area contributed by atoms with Crippen LogP contribution in [0.3, 0.4) is 0 Å². The maximum atomic E-state index is 13.0. The second-order valence-electron chi connectivity index (χ2n) is 7.07. The van der Waals surface area contributed by atoms with Gasteiger partial charge in [-0.05, 0) is 29.3 Å². The molecule has 0 spiro atoms. The van der Waals surface area contributed by atoms with Crippen molar-refractivity contribution in [2.24, 2.45) is 0 Å². The molecular weight excluding hydrogens is 372 g/mol. The van der Waals surface area contributed by atoms with Crippen LogP contribution in [0.2, 0.25) is 0 Å². The highest BCUT2D eigenvalue weighted by Crippen LogP contribution is 2.31. The van der Waals surface area contributed by atoms with Gasteiger partial charge in [0.15, 0.2) is 5.78 Å². The Morgan fingerprint density at radius 1 is 1.25 bits per heavy atom. The first-order chi connectivity index (χ1) is 13.8. The minimum absolute atomic E-state index is 0.0510. The van der Waals surface area contributed by atoms with E-state index in [4.69, 9.17) is 5.26 Å². The molecule has 0 unspecified atom stereocenters. The van der Waals surface area contributed by atoms with Gasteiger partial charge >= 0.3 is 0 Å². The fourth-order valence-electron chi connectivity index (χ4n) is 3.87. The minimum atomic E-state index is 0.0510. The zero-order chi connectivity index (χ0) is 19.3. The monoisotopic (exact) mass is 394 g/mol. The second-order valence-corrected chi connectivity index (χ2v) is 8.01. The van der Waals surface area contributed by atoms with E-state index in [1.54, 1.807) is 0 Å². The van der Waals surface area contributed by atoms with Crippen LogP contribution in [0.25, 0.3) is 10.9 Å². The van der Waals surface area contributed by atoms with Crippen LogP contribution in [0.1, 0.15) is 54.9 Å². The Morgan fingerprint density at radius 2 is 2.07 bits per heavy atom. The summed E-state index contributed by atoms with van der Waals surface area (Å²) >= 11 is 1.40. The van der Waals surface area contributed by atoms with Crippen molar-refractivity contribution in [3.63, 3.8) is 0 Å². The molecule has 1 aromatic carbocycles. The zero-order valence-electron chi connectivity index (χ0n) is 15.6. The fraction of sp³-hybridized carbons (Fsp3) is 0.450. The number of ketones is 1. The first kappa shape index (κ1) is 18.7. The van der Waals surface area contributed by atoms with Gasteiger partial charge in [-0.25, -0.2) is 4.68 Å². The van der Waals surface area contributed by atoms with Crippen molar-refractivity contribution in [2.75, 3.05) is 5.75 Å². The Morgan fingerprint density at radius 3 is 2.89 bits per heavy atom. The Kier molecular flexibility index (Phi) is 5.72. The SMILES string of the molecule is N#CCCn1cc(C(=O)CSc2nnnn2C2CCCCC2)c2ccccc21. The highest BCUT2D eigenvalue weighted by Gasteiger charge is 2.22. The second kappa shape index (κ2) is 8.57. The third-order valence-corrected chi connectivity index (χ3v) is 6.20. The van der Waals surface area contributed by atoms with Crippen LogP contribution >= 0.6 is 11.8 Å². The number of tetrazole rings is 1. The fourth-order valence-corrected chi connectivity index (χ4v) is 4.70. The molecule has 2 aromatic heterocycles. The minimum Gasteiger partial charge on any atom is -0.346 e. The molecule has 2 heterocycles. The van der Waals surface area contributed by atoms with E-state index in [-0.39, 0.29) is 5.78 Å². The molecule has 1 fully saturated rings. The molecule has 3 aromatic rings. The highest BCUT2D eigenvalue weighted by molar-refractivity contribution is 7.99. The number of Topliss-reactive ketones (excluding diaryl/α,β-unsaturated/α-hetero) is 1. The lowest BCUT2D eigenvalue weighted by Crippen LogP contribution is -2.15. The van der Waals surface area contributed by atoms with Crippen molar-refractivity contribution in [3.05, 3.63) is 36.0 Å². The van der Waals surface area contributed by atoms with Gasteiger partial charge in [0, 0.05) is 29.2 Å². The number of carbonyl (C=O) groups is 1. The topological polar surface area (TPSA) is 89.4 Å². The summed E-state index contributed by atoms with van der Waals surface area (Å²) in [7, 11) is 0. The number of rotatable bonds is 7. The lowest BCUT2D eigenvalue weighted by molar-refractivity contribution is 0.102. The smallest absolute Gasteiger partial charge is 0.210 e. The number of para-hydroxylation sites is 1. The van der Waals surface area contributed by atoms with Gasteiger partial charge in [-0.1, -0.05) is 49.2 Å². The van der Waals surface area contributed by atoms with Gasteiger partial charge in [0.25, 0.3) is 0 Å². The summed E-state index contributed by atoms with van der Waals surface area (Å²) in [5.41, 5.74) is 1.68. The number of carbonyl (C=O) groups excluding carboxylic acids is 1. The number of benzene rings is 1. The maximum Gasteiger partial charge on any atom is 0.210 e. The quantitative estimate of drug-likeness (QED) is 0.444. The lowest BCUT2D eigenvalue weighted by Gasteiger charge is -2.21. The summed E-state index contributed by atoms with van der Waals surface area (Å²) in [4.78, 5) is 13.0. The largest absolute Gasteiger partial charge is 0.346 e. The van der Waals surface area contributed by atoms with Crippen molar-refractivity contribution in [1.29, 1.82) is 5.26 Å². The molecule has 0 amide bonds. The van der Waals surface area contributed by atoms with Crippen molar-refractivity contribution in [3.8, 4) is 6.07 Å². The Balaban J connectivity index is 1.51. The number of fused-ring (bicyclic) bond motifs is 1. The molecule has 1 saturated carbocycles. The van der Waals surface area contributed by atoms with Gasteiger partial charge in [0.1, 0.15) is 0 Å². The van der Waals surface area contributed by atoms with Crippen molar-refractivity contribution in [1.82, 2.24) is 24.8 Å². The summed E-state index contributed by atoms with van der Waals surface area (Å²) in [5, 5.41) is 22.7. The number of nitrogens with zero attached hydrogens (tertiary/aromatic N) is 6. The molecule has 8 heteroatoms. The summed E-state index contributed by atoms with van der Waals surface area (Å²) in [6.45, 7) is 0.581. The lowest BCUT2D eigenvalue weighted by atomic mass is 9.96. The summed E-state index contributed by atoms with van der Waals surface area (Å²) in [5.74, 6) is 0.342. The number of aryl methyl sites for hydroxylation is 1. The molecule has 28 heavy (non-hydrogen) atoms. The van der Waals surface area contributed by atoms with E-state index in [1.807, 2.05) is 39.7 Å². The molecule has 7 nitrogen and oxygen atoms in total. The number of aromatic nitrogens is 5. The van der Waals surface area contributed by atoms with Crippen LogP contribution < -0.4 is 0 Å². The molecule has 1 aliphatic rings. The van der Waals surface area contributed by atoms with Crippen LogP contribution in [0.5, 0.6) is 0 Å². The maximum absolute atomic E-state index is 13.0. The zero-order valence-corrected chi connectivity index (χ0v) is 16.4. The van der Waals surface area contributed by atoms with Gasteiger partial charge in [-0.3, -0.25) is 4.79 Å². The summed E-state index contributed by atoms with van der Waals surface area (Å²) in [6.07, 6.45) is 8.16. The van der Waals surface area contributed by atoms with E-state index in [0.717, 1.165) is 23.7 Å². The van der Waals surface area contributed by atoms with E-state index in [1.165, 1.54) is 31.0 Å². The van der Waals surface area contributed by atoms with Crippen molar-refractivity contribution >= 4 is 28.4 Å². The Labute approximate surface area is 167 Å². The standard InChI is InChI=1S/C20H22N6OS/c21-11-6-12-25-13-17(16-9-4-5-10-18(16)25)19(27)14-28-20-22-23-24-26(20)15-7-2-1-3-8-15/h4-5,9-10,13,15H,1-3,6-8,12,14H2. The van der Waals surface area contributed by atoms with Gasteiger partial charge in [-0.2, -0.15) is 5.26 Å². The molecule has 0 aliphatic heterocycles. The first-order valence-electron chi connectivity index (χ1n) is 9.66. The van der Waals surface area contributed by atoms with Crippen molar-refractivity contribution in [2.45, 2.75) is 56.3 Å². The number of hydrogen-bond acceptors (Lipinski definition) is 6. The average molecular weight is 395 g/mol. The van der Waals surface area contributed by atoms with Gasteiger partial charge in [0.05, 0.1) is 24.3 Å². The van der Waals surface area contributed by atoms with Crippen LogP contribution in [0.15, 0.2) is 35.6 Å². The number of thioether (sulfide) groups is 1. The molecule has 0 atom stereocenters. The third kappa shape index (κ3) is 3.80. The third-order valence-electron chi connectivity index (χ3n) is 5.27. The van der Waals surface area contributed by atoms with Gasteiger partial charge < -0.3 is 4.57 Å². The highest BCUT2D eigenvalue weighted by atomic mass is 32.2. The first-order valence-corrected chi connectivity index (χ1v) is 10.6. The predicted molar refractivity (Wildman–Crippen MR) is 107 cm³/mol. The van der Waals surface area contributed by atoms with E-state index in [2.05, 4.69) is 21.6 Å². The average Bonchev–Trinajstić information content (AvgIpc) is 3.36. The van der Waals surface area contributed by atoms with E-state index in [0.29, 0.717) is 35.5 Å². The summed E-state index contributed by atoms with van der Waals surface area (Å²) in [6, 6.07) is 10.3. The Hall–Kier alpha value is -2.66. The molecule has 0 bridgehead atoms. The van der Waals surface area contributed by atoms with E-state index in [9.17, 15) is 4.79 Å². The number of nitriles is 1. The van der Waals surface area contributed by atoms with Crippen LogP contribution in [0, 0.1) is 11.3 Å². The molecule has 0 radical (unpaired) electrons. The molecular formula is C20H22N6OS. The molecule has 0 saturated heterocycles. The molecule has 0 N–H and O–H groups in total. The Bertz CT molecular complexity index is 1010. The van der Waals surface area contributed by atoms with Crippen LogP contribution in [-0.2, 0) is 6.54 Å². The van der Waals surface area contributed by atoms with Gasteiger partial charge in [-0.15, -0.1) is 5.10 Å².